The second-order valence-electron chi connectivity index (χ2n) is 5.07. The molecule has 0 spiro atoms. The van der Waals surface area contributed by atoms with Gasteiger partial charge < -0.3 is 10.1 Å². The highest BCUT2D eigenvalue weighted by atomic mass is 79.9. The Balaban J connectivity index is 2.08. The van der Waals surface area contributed by atoms with E-state index in [1.165, 1.54) is 17.7 Å². The Morgan fingerprint density at radius 2 is 2.37 bits per heavy atom. The molecular formula is C15H22BrNOS. The average molecular weight is 344 g/mol. The fourth-order valence-electron chi connectivity index (χ4n) is 2.44. The van der Waals surface area contributed by atoms with Gasteiger partial charge >= 0.3 is 0 Å². The van der Waals surface area contributed by atoms with Crippen LogP contribution in [0.25, 0.3) is 0 Å². The number of fused-ring (bicyclic) bond motifs is 1. The molecule has 1 heterocycles. The molecule has 106 valence electrons. The molecule has 1 aromatic carbocycles. The largest absolute Gasteiger partial charge is 0.493 e. The number of rotatable bonds is 5. The topological polar surface area (TPSA) is 21.3 Å². The van der Waals surface area contributed by atoms with Crippen LogP contribution in [-0.4, -0.2) is 24.7 Å². The molecule has 2 nitrogen and oxygen atoms in total. The van der Waals surface area contributed by atoms with Gasteiger partial charge in [0.15, 0.2) is 0 Å². The highest BCUT2D eigenvalue weighted by Crippen LogP contribution is 2.34. The van der Waals surface area contributed by atoms with Crippen LogP contribution in [0.2, 0.25) is 0 Å². The van der Waals surface area contributed by atoms with Crippen LogP contribution in [0.3, 0.4) is 0 Å². The first-order valence-corrected chi connectivity index (χ1v) is 9.06. The predicted octanol–water partition coefficient (Wildman–Crippen LogP) is 4.39. The lowest BCUT2D eigenvalue weighted by Gasteiger charge is -2.23. The molecule has 2 atom stereocenters. The van der Waals surface area contributed by atoms with Crippen molar-refractivity contribution in [3.8, 4) is 5.75 Å². The van der Waals surface area contributed by atoms with Crippen molar-refractivity contribution in [3.63, 3.8) is 0 Å². The molecule has 1 aliphatic rings. The van der Waals surface area contributed by atoms with Gasteiger partial charge in [-0.05, 0) is 50.3 Å². The molecule has 0 saturated carbocycles. The molecule has 0 aromatic heterocycles. The number of hydrogen-bond donors (Lipinski definition) is 1. The van der Waals surface area contributed by atoms with E-state index >= 15 is 0 Å². The van der Waals surface area contributed by atoms with Crippen LogP contribution in [0.15, 0.2) is 22.7 Å². The van der Waals surface area contributed by atoms with Gasteiger partial charge in [-0.2, -0.15) is 11.8 Å². The molecule has 0 amide bonds. The van der Waals surface area contributed by atoms with Crippen LogP contribution in [0.1, 0.15) is 37.8 Å². The third-order valence-corrected chi connectivity index (χ3v) is 4.62. The zero-order valence-corrected chi connectivity index (χ0v) is 14.0. The van der Waals surface area contributed by atoms with Crippen LogP contribution in [0.5, 0.6) is 5.75 Å². The SMILES string of the molecule is CSCCC(C)NC1CCCOc2cc(Br)ccc21. The Morgan fingerprint density at radius 1 is 1.53 bits per heavy atom. The fourth-order valence-corrected chi connectivity index (χ4v) is 3.37. The lowest BCUT2D eigenvalue weighted by molar-refractivity contribution is 0.314. The summed E-state index contributed by atoms with van der Waals surface area (Å²) in [7, 11) is 0. The minimum absolute atomic E-state index is 0.419. The van der Waals surface area contributed by atoms with Gasteiger partial charge in [-0.1, -0.05) is 22.0 Å². The van der Waals surface area contributed by atoms with Gasteiger partial charge in [0.2, 0.25) is 0 Å². The van der Waals surface area contributed by atoms with Crippen LogP contribution >= 0.6 is 27.7 Å². The second-order valence-corrected chi connectivity index (χ2v) is 6.98. The predicted molar refractivity (Wildman–Crippen MR) is 87.2 cm³/mol. The number of hydrogen-bond acceptors (Lipinski definition) is 3. The highest BCUT2D eigenvalue weighted by molar-refractivity contribution is 9.10. The Bertz CT molecular complexity index is 413. The number of thioether (sulfide) groups is 1. The first kappa shape index (κ1) is 15.2. The first-order chi connectivity index (χ1) is 9.20. The summed E-state index contributed by atoms with van der Waals surface area (Å²) < 4.78 is 6.93. The summed E-state index contributed by atoms with van der Waals surface area (Å²) >= 11 is 5.43. The summed E-state index contributed by atoms with van der Waals surface area (Å²) in [6, 6.07) is 7.34. The Kier molecular flexibility index (Phi) is 6.05. The third kappa shape index (κ3) is 4.40. The smallest absolute Gasteiger partial charge is 0.125 e. The summed E-state index contributed by atoms with van der Waals surface area (Å²) in [6.45, 7) is 3.10. The van der Waals surface area contributed by atoms with Crippen LogP contribution in [0, 0.1) is 0 Å². The van der Waals surface area contributed by atoms with Crippen LogP contribution in [0.4, 0.5) is 0 Å². The lowest BCUT2D eigenvalue weighted by Crippen LogP contribution is -2.30. The third-order valence-electron chi connectivity index (χ3n) is 3.49. The number of nitrogens with one attached hydrogen (secondary N) is 1. The van der Waals surface area contributed by atoms with Gasteiger partial charge in [-0.15, -0.1) is 0 Å². The van der Waals surface area contributed by atoms with Crippen molar-refractivity contribution in [2.45, 2.75) is 38.3 Å². The molecule has 4 heteroatoms. The van der Waals surface area contributed by atoms with E-state index in [9.17, 15) is 0 Å². The first-order valence-electron chi connectivity index (χ1n) is 6.88. The van der Waals surface area contributed by atoms with Crippen molar-refractivity contribution in [1.82, 2.24) is 5.32 Å². The van der Waals surface area contributed by atoms with Crippen molar-refractivity contribution in [2.75, 3.05) is 18.6 Å². The molecule has 2 rings (SSSR count). The zero-order chi connectivity index (χ0) is 13.7. The molecule has 0 aliphatic carbocycles. The summed E-state index contributed by atoms with van der Waals surface area (Å²) in [5, 5.41) is 3.76. The summed E-state index contributed by atoms with van der Waals surface area (Å²) in [5.74, 6) is 2.24. The average Bonchev–Trinajstić information content (AvgIpc) is 2.58. The van der Waals surface area contributed by atoms with E-state index in [0.29, 0.717) is 12.1 Å². The molecule has 0 fully saturated rings. The molecule has 1 aliphatic heterocycles. The summed E-state index contributed by atoms with van der Waals surface area (Å²) in [4.78, 5) is 0. The summed E-state index contributed by atoms with van der Waals surface area (Å²) in [6.07, 6.45) is 5.64. The van der Waals surface area contributed by atoms with Gasteiger partial charge in [0.05, 0.1) is 6.61 Å². The minimum Gasteiger partial charge on any atom is -0.493 e. The molecule has 1 aromatic rings. The highest BCUT2D eigenvalue weighted by Gasteiger charge is 2.21. The maximum atomic E-state index is 5.85. The van der Waals surface area contributed by atoms with Crippen molar-refractivity contribution >= 4 is 27.7 Å². The van der Waals surface area contributed by atoms with Gasteiger partial charge in [-0.3, -0.25) is 0 Å². The van der Waals surface area contributed by atoms with E-state index in [1.54, 1.807) is 0 Å². The molecular weight excluding hydrogens is 322 g/mol. The minimum atomic E-state index is 0.419. The maximum Gasteiger partial charge on any atom is 0.125 e. The molecule has 19 heavy (non-hydrogen) atoms. The molecule has 0 saturated heterocycles. The van der Waals surface area contributed by atoms with Gasteiger partial charge in [0.1, 0.15) is 5.75 Å². The van der Waals surface area contributed by atoms with Crippen molar-refractivity contribution in [3.05, 3.63) is 28.2 Å². The normalized spacial score (nSPS) is 20.3. The lowest BCUT2D eigenvalue weighted by atomic mass is 10.0. The maximum absolute atomic E-state index is 5.85. The van der Waals surface area contributed by atoms with E-state index < -0.39 is 0 Å². The summed E-state index contributed by atoms with van der Waals surface area (Å²) in [5.41, 5.74) is 1.30. The molecule has 0 radical (unpaired) electrons. The Hall–Kier alpha value is -0.190. The van der Waals surface area contributed by atoms with Crippen molar-refractivity contribution in [2.24, 2.45) is 0 Å². The van der Waals surface area contributed by atoms with E-state index in [2.05, 4.69) is 52.6 Å². The quantitative estimate of drug-likeness (QED) is 0.856. The Labute approximate surface area is 128 Å². The van der Waals surface area contributed by atoms with Crippen molar-refractivity contribution < 1.29 is 4.74 Å². The second kappa shape index (κ2) is 7.55. The van der Waals surface area contributed by atoms with E-state index in [0.717, 1.165) is 29.7 Å². The number of ether oxygens (including phenoxy) is 1. The zero-order valence-electron chi connectivity index (χ0n) is 11.6. The van der Waals surface area contributed by atoms with Gasteiger partial charge in [0.25, 0.3) is 0 Å². The van der Waals surface area contributed by atoms with E-state index in [-0.39, 0.29) is 0 Å². The monoisotopic (exact) mass is 343 g/mol. The van der Waals surface area contributed by atoms with E-state index in [4.69, 9.17) is 4.74 Å². The molecule has 2 unspecified atom stereocenters. The molecule has 0 bridgehead atoms. The van der Waals surface area contributed by atoms with Gasteiger partial charge in [-0.25, -0.2) is 0 Å². The Morgan fingerprint density at radius 3 is 3.16 bits per heavy atom. The number of benzene rings is 1. The van der Waals surface area contributed by atoms with Crippen LogP contribution in [-0.2, 0) is 0 Å². The fraction of sp³-hybridized carbons (Fsp3) is 0.600. The van der Waals surface area contributed by atoms with Gasteiger partial charge in [0, 0.05) is 22.1 Å². The van der Waals surface area contributed by atoms with Crippen LogP contribution < -0.4 is 10.1 Å². The van der Waals surface area contributed by atoms with E-state index in [1.807, 2.05) is 11.8 Å². The standard InChI is InChI=1S/C15H22BrNOS/c1-11(7-9-19-2)17-14-4-3-8-18-15-10-12(16)5-6-13(14)15/h5-6,10-11,14,17H,3-4,7-9H2,1-2H3. The van der Waals surface area contributed by atoms with Crippen molar-refractivity contribution in [1.29, 1.82) is 0 Å². The molecule has 1 N–H and O–H groups in total. The number of halogens is 1.